The van der Waals surface area contributed by atoms with E-state index in [9.17, 15) is 9.90 Å². The van der Waals surface area contributed by atoms with E-state index in [4.69, 9.17) is 4.74 Å². The Kier molecular flexibility index (Phi) is 4.81. The molecule has 2 N–H and O–H groups in total. The summed E-state index contributed by atoms with van der Waals surface area (Å²) in [6.45, 7) is 5.36. The molecule has 0 bridgehead atoms. The largest absolute Gasteiger partial charge is 0.394 e. The van der Waals surface area contributed by atoms with Crippen molar-refractivity contribution in [1.82, 2.24) is 10.2 Å². The van der Waals surface area contributed by atoms with E-state index < -0.39 is 0 Å². The minimum Gasteiger partial charge on any atom is -0.394 e. The molecule has 110 valence electrons. The van der Waals surface area contributed by atoms with E-state index in [2.05, 4.69) is 5.32 Å². The number of carbonyl (C=O) groups is 1. The van der Waals surface area contributed by atoms with Gasteiger partial charge >= 0.3 is 0 Å². The molecule has 1 atom stereocenters. The van der Waals surface area contributed by atoms with Gasteiger partial charge in [0.25, 0.3) is 0 Å². The predicted octanol–water partition coefficient (Wildman–Crippen LogP) is 0.517. The van der Waals surface area contributed by atoms with Crippen LogP contribution in [-0.4, -0.2) is 59.9 Å². The molecule has 1 unspecified atom stereocenters. The molecule has 0 spiro atoms. The van der Waals surface area contributed by atoms with Crippen molar-refractivity contribution in [3.05, 3.63) is 0 Å². The van der Waals surface area contributed by atoms with Crippen LogP contribution in [0.25, 0.3) is 0 Å². The summed E-state index contributed by atoms with van der Waals surface area (Å²) in [4.78, 5) is 14.0. The van der Waals surface area contributed by atoms with E-state index in [-0.39, 0.29) is 24.2 Å². The van der Waals surface area contributed by atoms with Crippen molar-refractivity contribution in [2.75, 3.05) is 26.2 Å². The third-order valence-corrected chi connectivity index (χ3v) is 3.93. The Labute approximate surface area is 115 Å². The fourth-order valence-electron chi connectivity index (χ4n) is 3.05. The highest BCUT2D eigenvalue weighted by molar-refractivity contribution is 5.78. The number of rotatable bonds is 4. The summed E-state index contributed by atoms with van der Waals surface area (Å²) >= 11 is 0. The quantitative estimate of drug-likeness (QED) is 0.782. The maximum absolute atomic E-state index is 12.2. The topological polar surface area (TPSA) is 61.8 Å². The van der Waals surface area contributed by atoms with Crippen molar-refractivity contribution in [3.8, 4) is 0 Å². The first-order chi connectivity index (χ1) is 9.00. The first-order valence-electron chi connectivity index (χ1n) is 7.30. The van der Waals surface area contributed by atoms with Crippen LogP contribution in [0.3, 0.4) is 0 Å². The van der Waals surface area contributed by atoms with Crippen molar-refractivity contribution < 1.29 is 14.6 Å². The van der Waals surface area contributed by atoms with Crippen LogP contribution in [0.15, 0.2) is 0 Å². The molecule has 1 aliphatic heterocycles. The number of hydrogen-bond acceptors (Lipinski definition) is 4. The fraction of sp³-hybridized carbons (Fsp3) is 0.929. The molecular formula is C14H26N2O3. The van der Waals surface area contributed by atoms with E-state index in [0.717, 1.165) is 0 Å². The maximum atomic E-state index is 12.2. The van der Waals surface area contributed by atoms with Gasteiger partial charge in [-0.1, -0.05) is 12.8 Å². The summed E-state index contributed by atoms with van der Waals surface area (Å²) in [5.74, 6) is 0.113. The Hall–Kier alpha value is -0.650. The molecule has 0 radical (unpaired) electrons. The average molecular weight is 270 g/mol. The van der Waals surface area contributed by atoms with Crippen molar-refractivity contribution in [2.24, 2.45) is 0 Å². The molecule has 1 saturated heterocycles. The summed E-state index contributed by atoms with van der Waals surface area (Å²) < 4.78 is 5.72. The van der Waals surface area contributed by atoms with Gasteiger partial charge in [0.15, 0.2) is 0 Å². The number of carbonyl (C=O) groups excluding carboxylic acids is 1. The van der Waals surface area contributed by atoms with Crippen LogP contribution >= 0.6 is 0 Å². The molecule has 0 aromatic heterocycles. The lowest BCUT2D eigenvalue weighted by Crippen LogP contribution is -2.57. The van der Waals surface area contributed by atoms with Gasteiger partial charge in [0, 0.05) is 19.1 Å². The number of ether oxygens (including phenoxy) is 1. The summed E-state index contributed by atoms with van der Waals surface area (Å²) in [5.41, 5.74) is -0.380. The molecule has 5 heteroatoms. The Morgan fingerprint density at radius 1 is 1.42 bits per heavy atom. The highest BCUT2D eigenvalue weighted by Gasteiger charge is 2.35. The molecular weight excluding hydrogens is 244 g/mol. The first kappa shape index (κ1) is 14.8. The van der Waals surface area contributed by atoms with Crippen molar-refractivity contribution in [1.29, 1.82) is 0 Å². The van der Waals surface area contributed by atoms with Gasteiger partial charge in [-0.3, -0.25) is 4.79 Å². The number of aliphatic hydroxyl groups excluding tert-OH is 1. The van der Waals surface area contributed by atoms with Crippen molar-refractivity contribution in [2.45, 2.75) is 57.3 Å². The predicted molar refractivity (Wildman–Crippen MR) is 72.9 cm³/mol. The van der Waals surface area contributed by atoms with Gasteiger partial charge in [0.05, 0.1) is 24.9 Å². The Bertz CT molecular complexity index is 314. The van der Waals surface area contributed by atoms with Crippen molar-refractivity contribution >= 4 is 5.91 Å². The number of nitrogens with one attached hydrogen (secondary N) is 1. The molecule has 19 heavy (non-hydrogen) atoms. The van der Waals surface area contributed by atoms with E-state index in [1.54, 1.807) is 0 Å². The van der Waals surface area contributed by atoms with Gasteiger partial charge in [0.2, 0.25) is 5.91 Å². The molecule has 1 saturated carbocycles. The molecule has 0 aromatic carbocycles. The van der Waals surface area contributed by atoms with Gasteiger partial charge in [-0.25, -0.2) is 0 Å². The zero-order valence-electron chi connectivity index (χ0n) is 12.0. The number of hydrogen-bond donors (Lipinski definition) is 2. The molecule has 5 nitrogen and oxygen atoms in total. The molecule has 1 heterocycles. The number of nitrogens with zero attached hydrogens (tertiary/aromatic N) is 1. The Morgan fingerprint density at radius 3 is 2.74 bits per heavy atom. The number of aliphatic hydroxyl groups is 1. The fourth-order valence-corrected chi connectivity index (χ4v) is 3.05. The van der Waals surface area contributed by atoms with Crippen LogP contribution < -0.4 is 5.32 Å². The molecule has 2 rings (SSSR count). The summed E-state index contributed by atoms with van der Waals surface area (Å²) in [5, 5.41) is 12.6. The third-order valence-electron chi connectivity index (χ3n) is 3.93. The highest BCUT2D eigenvalue weighted by Crippen LogP contribution is 2.21. The minimum absolute atomic E-state index is 0.0384. The summed E-state index contributed by atoms with van der Waals surface area (Å²) in [6, 6.07) is 0.506. The SMILES string of the molecule is CC1(C)CN(C(=O)CNC2CCCC2)CC(CO)O1. The lowest BCUT2D eigenvalue weighted by Gasteiger charge is -2.42. The standard InChI is InChI=1S/C14H26N2O3/c1-14(2)10-16(8-12(9-17)19-14)13(18)7-15-11-5-3-4-6-11/h11-12,15,17H,3-10H2,1-2H3. The Morgan fingerprint density at radius 2 is 2.11 bits per heavy atom. The third kappa shape index (κ3) is 4.16. The summed E-state index contributed by atoms with van der Waals surface area (Å²) in [6.07, 6.45) is 4.63. The van der Waals surface area contributed by atoms with Crippen LogP contribution in [0.1, 0.15) is 39.5 Å². The zero-order valence-corrected chi connectivity index (χ0v) is 12.0. The van der Waals surface area contributed by atoms with E-state index >= 15 is 0 Å². The highest BCUT2D eigenvalue weighted by atomic mass is 16.5. The second-order valence-corrected chi connectivity index (χ2v) is 6.32. The smallest absolute Gasteiger partial charge is 0.236 e. The van der Waals surface area contributed by atoms with E-state index in [0.29, 0.717) is 25.7 Å². The molecule has 0 aromatic rings. The van der Waals surface area contributed by atoms with Crippen LogP contribution in [-0.2, 0) is 9.53 Å². The van der Waals surface area contributed by atoms with Gasteiger partial charge in [-0.05, 0) is 26.7 Å². The minimum atomic E-state index is -0.380. The van der Waals surface area contributed by atoms with E-state index in [1.807, 2.05) is 18.7 Å². The molecule has 2 fully saturated rings. The number of amides is 1. The van der Waals surface area contributed by atoms with Gasteiger partial charge < -0.3 is 20.1 Å². The second-order valence-electron chi connectivity index (χ2n) is 6.32. The zero-order chi connectivity index (χ0) is 13.9. The monoisotopic (exact) mass is 270 g/mol. The van der Waals surface area contributed by atoms with E-state index in [1.165, 1.54) is 25.7 Å². The maximum Gasteiger partial charge on any atom is 0.236 e. The number of morpholine rings is 1. The van der Waals surface area contributed by atoms with Gasteiger partial charge in [-0.15, -0.1) is 0 Å². The average Bonchev–Trinajstić information content (AvgIpc) is 2.87. The van der Waals surface area contributed by atoms with Crippen LogP contribution in [0.2, 0.25) is 0 Å². The lowest BCUT2D eigenvalue weighted by molar-refractivity contribution is -0.166. The Balaban J connectivity index is 1.83. The van der Waals surface area contributed by atoms with Crippen molar-refractivity contribution in [3.63, 3.8) is 0 Å². The first-order valence-corrected chi connectivity index (χ1v) is 7.30. The lowest BCUT2D eigenvalue weighted by atomic mass is 10.1. The second kappa shape index (κ2) is 6.20. The molecule has 2 aliphatic rings. The van der Waals surface area contributed by atoms with Crippen LogP contribution in [0.4, 0.5) is 0 Å². The molecule has 1 amide bonds. The van der Waals surface area contributed by atoms with Crippen LogP contribution in [0, 0.1) is 0 Å². The normalized spacial score (nSPS) is 27.7. The van der Waals surface area contributed by atoms with Gasteiger partial charge in [0.1, 0.15) is 0 Å². The van der Waals surface area contributed by atoms with Crippen LogP contribution in [0.5, 0.6) is 0 Å². The molecule has 1 aliphatic carbocycles. The van der Waals surface area contributed by atoms with Gasteiger partial charge in [-0.2, -0.15) is 0 Å². The summed E-state index contributed by atoms with van der Waals surface area (Å²) in [7, 11) is 0.